The van der Waals surface area contributed by atoms with Crippen molar-refractivity contribution in [1.82, 2.24) is 5.32 Å². The molecule has 8 heteroatoms. The molecule has 1 fully saturated rings. The number of carboxylic acids is 2. The Balaban J connectivity index is 0. The normalized spacial score (nSPS) is 12.8. The predicted molar refractivity (Wildman–Crippen MR) is 74.8 cm³/mol. The van der Waals surface area contributed by atoms with Gasteiger partial charge in [-0.2, -0.15) is 0 Å². The van der Waals surface area contributed by atoms with Crippen molar-refractivity contribution in [3.63, 3.8) is 0 Å². The molecule has 0 atom stereocenters. The Morgan fingerprint density at radius 3 is 1.75 bits per heavy atom. The fraction of sp³-hybridized carbons (Fsp3) is 0.333. The molecule has 108 valence electrons. The average Bonchev–Trinajstić information content (AvgIpc) is 2.41. The SMILES string of the molecule is C1COCCN1.O.O=C(O)c1cccc(C(=O)O)c1.[NaH]. The third-order valence-electron chi connectivity index (χ3n) is 2.20. The molecule has 1 saturated heterocycles. The fourth-order valence-corrected chi connectivity index (χ4v) is 1.30. The van der Waals surface area contributed by atoms with E-state index in [1.165, 1.54) is 18.2 Å². The number of nitrogens with one attached hydrogen (secondary N) is 1. The third kappa shape index (κ3) is 8.26. The summed E-state index contributed by atoms with van der Waals surface area (Å²) >= 11 is 0. The first kappa shape index (κ1) is 21.3. The molecule has 2 rings (SSSR count). The van der Waals surface area contributed by atoms with Gasteiger partial charge in [-0.05, 0) is 18.2 Å². The Bertz CT molecular complexity index is 381. The second-order valence-corrected chi connectivity index (χ2v) is 3.55. The summed E-state index contributed by atoms with van der Waals surface area (Å²) in [5.74, 6) is -2.25. The zero-order chi connectivity index (χ0) is 13.4. The number of carbonyl (C=O) groups is 2. The van der Waals surface area contributed by atoms with Gasteiger partial charge < -0.3 is 25.7 Å². The number of ether oxygens (including phenoxy) is 1. The number of rotatable bonds is 2. The van der Waals surface area contributed by atoms with Crippen LogP contribution in [-0.2, 0) is 4.74 Å². The molecule has 1 aromatic rings. The van der Waals surface area contributed by atoms with Crippen LogP contribution in [0.4, 0.5) is 0 Å². The molecule has 20 heavy (non-hydrogen) atoms. The van der Waals surface area contributed by atoms with E-state index >= 15 is 0 Å². The summed E-state index contributed by atoms with van der Waals surface area (Å²) < 4.78 is 5.01. The number of benzene rings is 1. The summed E-state index contributed by atoms with van der Waals surface area (Å²) in [6.45, 7) is 3.83. The van der Waals surface area contributed by atoms with Crippen LogP contribution in [-0.4, -0.2) is 83.5 Å². The Labute approximate surface area is 138 Å². The van der Waals surface area contributed by atoms with Crippen LogP contribution in [0.1, 0.15) is 20.7 Å². The fourth-order valence-electron chi connectivity index (χ4n) is 1.30. The summed E-state index contributed by atoms with van der Waals surface area (Å²) in [5, 5.41) is 20.2. The Morgan fingerprint density at radius 1 is 1.05 bits per heavy atom. The minimum absolute atomic E-state index is 0. The molecule has 0 unspecified atom stereocenters. The first-order valence-corrected chi connectivity index (χ1v) is 5.46. The first-order valence-electron chi connectivity index (χ1n) is 5.46. The van der Waals surface area contributed by atoms with Crippen LogP contribution in [0.2, 0.25) is 0 Å². The maximum absolute atomic E-state index is 10.4. The van der Waals surface area contributed by atoms with E-state index in [1.54, 1.807) is 0 Å². The molecule has 1 aromatic carbocycles. The second-order valence-electron chi connectivity index (χ2n) is 3.55. The number of carboxylic acid groups (broad SMARTS) is 2. The summed E-state index contributed by atoms with van der Waals surface area (Å²) in [4.78, 5) is 20.8. The van der Waals surface area contributed by atoms with Gasteiger partial charge in [0.05, 0.1) is 24.3 Å². The Kier molecular flexibility index (Phi) is 12.6. The van der Waals surface area contributed by atoms with E-state index in [0.29, 0.717) is 0 Å². The molecular weight excluding hydrogens is 277 g/mol. The van der Waals surface area contributed by atoms with E-state index in [1.807, 2.05) is 0 Å². The molecule has 0 aliphatic carbocycles. The van der Waals surface area contributed by atoms with Gasteiger partial charge in [0.1, 0.15) is 0 Å². The molecule has 0 radical (unpaired) electrons. The van der Waals surface area contributed by atoms with Gasteiger partial charge in [-0.3, -0.25) is 0 Å². The molecule has 1 aliphatic heterocycles. The van der Waals surface area contributed by atoms with Crippen molar-refractivity contribution in [2.75, 3.05) is 26.3 Å². The molecular formula is C12H18NNaO6. The van der Waals surface area contributed by atoms with Gasteiger partial charge >= 0.3 is 41.5 Å². The van der Waals surface area contributed by atoms with Crippen LogP contribution >= 0.6 is 0 Å². The number of hydrogen-bond donors (Lipinski definition) is 3. The van der Waals surface area contributed by atoms with Crippen molar-refractivity contribution in [2.24, 2.45) is 0 Å². The predicted octanol–water partition coefficient (Wildman–Crippen LogP) is -0.784. The molecule has 1 aliphatic rings. The topological polar surface area (TPSA) is 127 Å². The van der Waals surface area contributed by atoms with Gasteiger partial charge in [-0.15, -0.1) is 0 Å². The van der Waals surface area contributed by atoms with Crippen molar-refractivity contribution in [3.05, 3.63) is 35.4 Å². The van der Waals surface area contributed by atoms with E-state index in [2.05, 4.69) is 5.32 Å². The van der Waals surface area contributed by atoms with Crippen LogP contribution in [0.3, 0.4) is 0 Å². The summed E-state index contributed by atoms with van der Waals surface area (Å²) in [7, 11) is 0. The quantitative estimate of drug-likeness (QED) is 0.614. The molecule has 0 bridgehead atoms. The van der Waals surface area contributed by atoms with Gasteiger partial charge in [0.25, 0.3) is 0 Å². The summed E-state index contributed by atoms with van der Waals surface area (Å²) in [6.07, 6.45) is 0. The molecule has 1 heterocycles. The Morgan fingerprint density at radius 2 is 1.50 bits per heavy atom. The monoisotopic (exact) mass is 295 g/mol. The van der Waals surface area contributed by atoms with Gasteiger partial charge in [-0.25, -0.2) is 9.59 Å². The van der Waals surface area contributed by atoms with E-state index < -0.39 is 11.9 Å². The van der Waals surface area contributed by atoms with Crippen LogP contribution in [0.15, 0.2) is 24.3 Å². The van der Waals surface area contributed by atoms with Gasteiger partial charge in [0.15, 0.2) is 0 Å². The number of hydrogen-bond acceptors (Lipinski definition) is 4. The zero-order valence-corrected chi connectivity index (χ0v) is 10.3. The van der Waals surface area contributed by atoms with Crippen molar-refractivity contribution < 1.29 is 30.0 Å². The van der Waals surface area contributed by atoms with E-state index in [9.17, 15) is 9.59 Å². The summed E-state index contributed by atoms with van der Waals surface area (Å²) in [6, 6.07) is 5.20. The molecule has 0 spiro atoms. The molecule has 5 N–H and O–H groups in total. The first-order chi connectivity index (χ1) is 8.61. The van der Waals surface area contributed by atoms with Gasteiger partial charge in [-0.1, -0.05) is 6.07 Å². The van der Waals surface area contributed by atoms with Crippen LogP contribution in [0.5, 0.6) is 0 Å². The van der Waals surface area contributed by atoms with E-state index in [0.717, 1.165) is 32.4 Å². The molecule has 0 amide bonds. The van der Waals surface area contributed by atoms with Gasteiger partial charge in [0.2, 0.25) is 0 Å². The van der Waals surface area contributed by atoms with E-state index in [4.69, 9.17) is 14.9 Å². The second kappa shape index (κ2) is 11.8. The molecule has 0 saturated carbocycles. The van der Waals surface area contributed by atoms with E-state index in [-0.39, 0.29) is 46.2 Å². The number of aromatic carboxylic acids is 2. The van der Waals surface area contributed by atoms with Crippen molar-refractivity contribution in [1.29, 1.82) is 0 Å². The molecule has 7 nitrogen and oxygen atoms in total. The molecule has 0 aromatic heterocycles. The van der Waals surface area contributed by atoms with Crippen molar-refractivity contribution in [3.8, 4) is 0 Å². The minimum atomic E-state index is -1.13. The number of morpholine rings is 1. The average molecular weight is 295 g/mol. The maximum atomic E-state index is 10.4. The zero-order valence-electron chi connectivity index (χ0n) is 10.3. The Hall–Kier alpha value is -0.960. The van der Waals surface area contributed by atoms with Crippen LogP contribution in [0.25, 0.3) is 0 Å². The van der Waals surface area contributed by atoms with Crippen LogP contribution < -0.4 is 5.32 Å². The third-order valence-corrected chi connectivity index (χ3v) is 2.20. The summed E-state index contributed by atoms with van der Waals surface area (Å²) in [5.41, 5.74) is -0.0372. The van der Waals surface area contributed by atoms with Crippen LogP contribution in [0, 0.1) is 0 Å². The van der Waals surface area contributed by atoms with Crippen molar-refractivity contribution in [2.45, 2.75) is 0 Å². The van der Waals surface area contributed by atoms with Gasteiger partial charge in [0, 0.05) is 13.1 Å². The standard InChI is InChI=1S/C8H6O4.C4H9NO.Na.H2O.H/c9-7(10)5-2-1-3-6(4-5)8(11)12;1-3-6-4-2-5-1;;;/h1-4H,(H,9,10)(H,11,12);5H,1-4H2;;1H2;. The van der Waals surface area contributed by atoms with Crippen molar-refractivity contribution >= 4 is 41.5 Å².